The first kappa shape index (κ1) is 19.9. The molecular formula is C15H24ClN3O3S. The molecule has 0 radical (unpaired) electrons. The van der Waals surface area contributed by atoms with Crippen LogP contribution in [0.5, 0.6) is 0 Å². The lowest BCUT2D eigenvalue weighted by molar-refractivity contribution is -0.116. The van der Waals surface area contributed by atoms with E-state index in [0.29, 0.717) is 19.5 Å². The number of unbranched alkanes of at least 4 members (excludes halogenated alkanes) is 1. The van der Waals surface area contributed by atoms with E-state index in [1.807, 2.05) is 6.92 Å². The molecule has 2 rings (SSSR count). The summed E-state index contributed by atoms with van der Waals surface area (Å²) < 4.78 is 27.1. The summed E-state index contributed by atoms with van der Waals surface area (Å²) in [5.41, 5.74) is 7.10. The third-order valence-corrected chi connectivity index (χ3v) is 5.30. The predicted molar refractivity (Wildman–Crippen MR) is 93.5 cm³/mol. The van der Waals surface area contributed by atoms with Crippen LogP contribution in [0.25, 0.3) is 0 Å². The van der Waals surface area contributed by atoms with Crippen molar-refractivity contribution in [3.05, 3.63) is 23.8 Å². The maximum atomic E-state index is 12.3. The Morgan fingerprint density at radius 3 is 2.70 bits per heavy atom. The Morgan fingerprint density at radius 2 is 2.09 bits per heavy atom. The number of nitrogens with two attached hydrogens (primary N) is 1. The molecular weight excluding hydrogens is 338 g/mol. The second-order valence-corrected chi connectivity index (χ2v) is 7.39. The first-order valence-corrected chi connectivity index (χ1v) is 8.97. The normalized spacial score (nSPS) is 16.8. The van der Waals surface area contributed by atoms with Crippen LogP contribution >= 0.6 is 12.4 Å². The number of hydrogen-bond donors (Lipinski definition) is 2. The van der Waals surface area contributed by atoms with Crippen LogP contribution in [0.4, 0.5) is 5.69 Å². The number of rotatable bonds is 6. The van der Waals surface area contributed by atoms with Crippen molar-refractivity contribution in [2.24, 2.45) is 5.73 Å². The summed E-state index contributed by atoms with van der Waals surface area (Å²) in [6.07, 6.45) is 2.18. The van der Waals surface area contributed by atoms with Crippen LogP contribution in [0.2, 0.25) is 0 Å². The molecule has 0 spiro atoms. The largest absolute Gasteiger partial charge is 0.330 e. The number of amides is 1. The molecule has 0 saturated carbocycles. The number of fused-ring (bicyclic) bond motifs is 1. The molecule has 1 amide bonds. The number of carbonyl (C=O) groups excluding carboxylic acids is 1. The minimum Gasteiger partial charge on any atom is -0.330 e. The Kier molecular flexibility index (Phi) is 7.01. The monoisotopic (exact) mass is 361 g/mol. The van der Waals surface area contributed by atoms with Gasteiger partial charge in [-0.05, 0) is 56.5 Å². The maximum absolute atomic E-state index is 12.3. The Labute approximate surface area is 143 Å². The van der Waals surface area contributed by atoms with Gasteiger partial charge in [0.05, 0.1) is 4.90 Å². The lowest BCUT2D eigenvalue weighted by atomic mass is 10.1. The SMILES string of the molecule is CC(=O)N1c2ccc(S(=O)(=O)NCCCCN)cc2CC1C.Cl. The van der Waals surface area contributed by atoms with Gasteiger partial charge in [-0.1, -0.05) is 0 Å². The lowest BCUT2D eigenvalue weighted by Gasteiger charge is -2.20. The quantitative estimate of drug-likeness (QED) is 0.749. The zero-order valence-electron chi connectivity index (χ0n) is 13.4. The van der Waals surface area contributed by atoms with Crippen molar-refractivity contribution >= 4 is 34.0 Å². The van der Waals surface area contributed by atoms with Gasteiger partial charge in [0.2, 0.25) is 15.9 Å². The average molecular weight is 362 g/mol. The highest BCUT2D eigenvalue weighted by molar-refractivity contribution is 7.89. The number of anilines is 1. The molecule has 130 valence electrons. The molecule has 23 heavy (non-hydrogen) atoms. The standard InChI is InChI=1S/C15H23N3O3S.ClH/c1-11-9-13-10-14(5-6-15(13)18(11)12(2)19)22(20,21)17-8-4-3-7-16;/h5-6,10-11,17H,3-4,7-9,16H2,1-2H3;1H. The van der Waals surface area contributed by atoms with E-state index in [2.05, 4.69) is 4.72 Å². The molecule has 1 aromatic rings. The molecule has 8 heteroatoms. The van der Waals surface area contributed by atoms with Crippen molar-refractivity contribution in [2.45, 2.75) is 44.0 Å². The zero-order chi connectivity index (χ0) is 16.3. The van der Waals surface area contributed by atoms with Gasteiger partial charge in [-0.25, -0.2) is 13.1 Å². The van der Waals surface area contributed by atoms with Gasteiger partial charge in [0, 0.05) is 25.2 Å². The van der Waals surface area contributed by atoms with E-state index in [9.17, 15) is 13.2 Å². The number of benzene rings is 1. The molecule has 6 nitrogen and oxygen atoms in total. The molecule has 1 aliphatic rings. The first-order chi connectivity index (χ1) is 10.4. The van der Waals surface area contributed by atoms with Gasteiger partial charge in [-0.15, -0.1) is 12.4 Å². The molecule has 0 saturated heterocycles. The van der Waals surface area contributed by atoms with Crippen LogP contribution in [0, 0.1) is 0 Å². The highest BCUT2D eigenvalue weighted by Crippen LogP contribution is 2.33. The van der Waals surface area contributed by atoms with Gasteiger partial charge >= 0.3 is 0 Å². The van der Waals surface area contributed by atoms with Crippen molar-refractivity contribution in [1.82, 2.24) is 4.72 Å². The predicted octanol–water partition coefficient (Wildman–Crippen LogP) is 1.42. The maximum Gasteiger partial charge on any atom is 0.240 e. The zero-order valence-corrected chi connectivity index (χ0v) is 15.0. The van der Waals surface area contributed by atoms with Crippen molar-refractivity contribution in [1.29, 1.82) is 0 Å². The molecule has 3 N–H and O–H groups in total. The number of nitrogens with one attached hydrogen (secondary N) is 1. The molecule has 0 aromatic heterocycles. The first-order valence-electron chi connectivity index (χ1n) is 7.49. The van der Waals surface area contributed by atoms with Gasteiger partial charge in [-0.2, -0.15) is 0 Å². The number of nitrogens with zero attached hydrogens (tertiary/aromatic N) is 1. The third kappa shape index (κ3) is 4.44. The highest BCUT2D eigenvalue weighted by Gasteiger charge is 2.30. The van der Waals surface area contributed by atoms with Crippen LogP contribution < -0.4 is 15.4 Å². The number of halogens is 1. The number of hydrogen-bond acceptors (Lipinski definition) is 4. The summed E-state index contributed by atoms with van der Waals surface area (Å²) in [4.78, 5) is 13.6. The molecule has 1 unspecified atom stereocenters. The van der Waals surface area contributed by atoms with Crippen LogP contribution in [0.1, 0.15) is 32.3 Å². The minimum absolute atomic E-state index is 0. The van der Waals surface area contributed by atoms with Crippen molar-refractivity contribution in [3.63, 3.8) is 0 Å². The molecule has 1 atom stereocenters. The number of sulfonamides is 1. The van der Waals surface area contributed by atoms with E-state index in [0.717, 1.165) is 24.1 Å². The second-order valence-electron chi connectivity index (χ2n) is 5.63. The fourth-order valence-corrected chi connectivity index (χ4v) is 3.94. The van der Waals surface area contributed by atoms with E-state index in [1.165, 1.54) is 6.92 Å². The summed E-state index contributed by atoms with van der Waals surface area (Å²) in [6.45, 7) is 4.42. The fourth-order valence-electron chi connectivity index (χ4n) is 2.81. The fraction of sp³-hybridized carbons (Fsp3) is 0.533. The summed E-state index contributed by atoms with van der Waals surface area (Å²) in [6, 6.07) is 5.00. The topological polar surface area (TPSA) is 92.5 Å². The van der Waals surface area contributed by atoms with Crippen LogP contribution in [0.15, 0.2) is 23.1 Å². The second kappa shape index (κ2) is 8.10. The van der Waals surface area contributed by atoms with Gasteiger partial charge in [0.25, 0.3) is 0 Å². The van der Waals surface area contributed by atoms with Crippen LogP contribution in [0.3, 0.4) is 0 Å². The molecule has 1 aliphatic heterocycles. The van der Waals surface area contributed by atoms with Crippen molar-refractivity contribution in [3.8, 4) is 0 Å². The highest BCUT2D eigenvalue weighted by atomic mass is 35.5. The summed E-state index contributed by atoms with van der Waals surface area (Å²) in [5, 5.41) is 0. The number of carbonyl (C=O) groups is 1. The van der Waals surface area contributed by atoms with Crippen LogP contribution in [-0.2, 0) is 21.2 Å². The van der Waals surface area contributed by atoms with Crippen molar-refractivity contribution in [2.75, 3.05) is 18.0 Å². The van der Waals surface area contributed by atoms with E-state index >= 15 is 0 Å². The summed E-state index contributed by atoms with van der Waals surface area (Å²) in [5.74, 6) is -0.0261. The molecule has 0 aliphatic carbocycles. The van der Waals surface area contributed by atoms with E-state index in [-0.39, 0.29) is 29.3 Å². The Morgan fingerprint density at radius 1 is 1.39 bits per heavy atom. The Hall–Kier alpha value is -1.15. The Bertz CT molecular complexity index is 664. The van der Waals surface area contributed by atoms with E-state index < -0.39 is 10.0 Å². The third-order valence-electron chi connectivity index (χ3n) is 3.84. The lowest BCUT2D eigenvalue weighted by Crippen LogP contribution is -2.33. The van der Waals surface area contributed by atoms with Gasteiger partial charge in [0.15, 0.2) is 0 Å². The van der Waals surface area contributed by atoms with E-state index in [4.69, 9.17) is 5.73 Å². The summed E-state index contributed by atoms with van der Waals surface area (Å²) >= 11 is 0. The molecule has 1 aromatic carbocycles. The van der Waals surface area contributed by atoms with E-state index in [1.54, 1.807) is 23.1 Å². The average Bonchev–Trinajstić information content (AvgIpc) is 2.78. The minimum atomic E-state index is -3.51. The van der Waals surface area contributed by atoms with Gasteiger partial charge in [0.1, 0.15) is 0 Å². The summed E-state index contributed by atoms with van der Waals surface area (Å²) in [7, 11) is -3.51. The van der Waals surface area contributed by atoms with Crippen molar-refractivity contribution < 1.29 is 13.2 Å². The smallest absolute Gasteiger partial charge is 0.240 e. The molecule has 0 bridgehead atoms. The van der Waals surface area contributed by atoms with Gasteiger partial charge < -0.3 is 10.6 Å². The molecule has 1 heterocycles. The van der Waals surface area contributed by atoms with Gasteiger partial charge in [-0.3, -0.25) is 4.79 Å². The van der Waals surface area contributed by atoms with Crippen LogP contribution in [-0.4, -0.2) is 33.5 Å². The Balaban J connectivity index is 0.00000264. The molecule has 0 fully saturated rings.